The highest BCUT2D eigenvalue weighted by atomic mass is 35.5. The molecular formula is C21H30Cl2N2O2. The maximum absolute atomic E-state index is 11.9. The molecule has 4 nitrogen and oxygen atoms in total. The van der Waals surface area contributed by atoms with Gasteiger partial charge in [0.2, 0.25) is 5.91 Å². The van der Waals surface area contributed by atoms with Crippen molar-refractivity contribution in [1.29, 1.82) is 0 Å². The second-order valence-corrected chi connectivity index (χ2v) is 7.94. The van der Waals surface area contributed by atoms with Crippen LogP contribution in [0.1, 0.15) is 76.2 Å². The number of hydrogen-bond donors (Lipinski definition) is 1. The van der Waals surface area contributed by atoms with E-state index in [1.54, 1.807) is 12.1 Å². The van der Waals surface area contributed by atoms with E-state index in [9.17, 15) is 4.79 Å². The summed E-state index contributed by atoms with van der Waals surface area (Å²) in [7, 11) is 0. The van der Waals surface area contributed by atoms with Crippen LogP contribution in [0.5, 0.6) is 0 Å². The van der Waals surface area contributed by atoms with Crippen molar-refractivity contribution in [2.45, 2.75) is 77.2 Å². The first kappa shape index (κ1) is 22.0. The molecule has 1 aliphatic rings. The zero-order valence-corrected chi connectivity index (χ0v) is 17.5. The van der Waals surface area contributed by atoms with Crippen molar-refractivity contribution >= 4 is 34.8 Å². The summed E-state index contributed by atoms with van der Waals surface area (Å²) in [5, 5.41) is 8.51. The Morgan fingerprint density at radius 2 is 1.59 bits per heavy atom. The van der Waals surface area contributed by atoms with Crippen LogP contribution in [0.4, 0.5) is 0 Å². The summed E-state index contributed by atoms with van der Waals surface area (Å²) in [5.41, 5.74) is 1.85. The summed E-state index contributed by atoms with van der Waals surface area (Å²) in [6.45, 7) is 0.925. The fourth-order valence-electron chi connectivity index (χ4n) is 3.16. The van der Waals surface area contributed by atoms with E-state index in [2.05, 4.69) is 10.5 Å². The van der Waals surface area contributed by atoms with Crippen molar-refractivity contribution in [2.24, 2.45) is 5.16 Å². The van der Waals surface area contributed by atoms with E-state index in [0.29, 0.717) is 29.6 Å². The van der Waals surface area contributed by atoms with Gasteiger partial charge < -0.3 is 10.2 Å². The molecule has 0 bridgehead atoms. The van der Waals surface area contributed by atoms with Gasteiger partial charge >= 0.3 is 0 Å². The fourth-order valence-corrected chi connectivity index (χ4v) is 3.62. The van der Waals surface area contributed by atoms with Crippen LogP contribution >= 0.6 is 23.2 Å². The first-order chi connectivity index (χ1) is 13.1. The number of amides is 1. The quantitative estimate of drug-likeness (QED) is 0.593. The van der Waals surface area contributed by atoms with Gasteiger partial charge in [-0.3, -0.25) is 4.79 Å². The Kier molecular flexibility index (Phi) is 10.6. The number of rotatable bonds is 3. The molecule has 1 amide bonds. The predicted molar refractivity (Wildman–Crippen MR) is 112 cm³/mol. The lowest BCUT2D eigenvalue weighted by molar-refractivity contribution is -0.121. The summed E-state index contributed by atoms with van der Waals surface area (Å²) in [5.74, 6) is 0.137. The molecular weight excluding hydrogens is 383 g/mol. The van der Waals surface area contributed by atoms with E-state index in [4.69, 9.17) is 28.0 Å². The Morgan fingerprint density at radius 3 is 2.30 bits per heavy atom. The average molecular weight is 413 g/mol. The highest BCUT2D eigenvalue weighted by Gasteiger charge is 2.07. The minimum atomic E-state index is 0.137. The van der Waals surface area contributed by atoms with Crippen LogP contribution in [0.25, 0.3) is 0 Å². The second-order valence-electron chi connectivity index (χ2n) is 7.10. The topological polar surface area (TPSA) is 50.7 Å². The molecule has 150 valence electrons. The lowest BCUT2D eigenvalue weighted by Gasteiger charge is -2.09. The first-order valence-electron chi connectivity index (χ1n) is 10.0. The predicted octanol–water partition coefficient (Wildman–Crippen LogP) is 6.29. The molecule has 1 N–H and O–H groups in total. The number of halogens is 2. The molecule has 1 heterocycles. The normalized spacial score (nSPS) is 19.8. The summed E-state index contributed by atoms with van der Waals surface area (Å²) in [4.78, 5) is 17.4. The molecule has 2 rings (SSSR count). The first-order valence-corrected chi connectivity index (χ1v) is 10.8. The molecule has 0 radical (unpaired) electrons. The number of carbonyl (C=O) groups excluding carboxylic acids is 1. The Hall–Kier alpha value is -1.26. The second kappa shape index (κ2) is 13.0. The van der Waals surface area contributed by atoms with E-state index >= 15 is 0 Å². The summed E-state index contributed by atoms with van der Waals surface area (Å²) < 4.78 is 0. The molecule has 1 aliphatic heterocycles. The minimum absolute atomic E-state index is 0.137. The zero-order chi connectivity index (χ0) is 19.3. The van der Waals surface area contributed by atoms with Crippen LogP contribution in [-0.2, 0) is 16.2 Å². The fraction of sp³-hybridized carbons (Fsp3) is 0.619. The largest absolute Gasteiger partial charge is 0.391 e. The number of oxime groups is 1. The molecule has 27 heavy (non-hydrogen) atoms. The van der Waals surface area contributed by atoms with Crippen molar-refractivity contribution in [3.8, 4) is 0 Å². The van der Waals surface area contributed by atoms with Gasteiger partial charge in [0.25, 0.3) is 0 Å². The lowest BCUT2D eigenvalue weighted by atomic mass is 10.0. The molecule has 1 aromatic carbocycles. The molecule has 0 aliphatic carbocycles. The van der Waals surface area contributed by atoms with Crippen LogP contribution in [0.15, 0.2) is 23.4 Å². The van der Waals surface area contributed by atoms with E-state index in [-0.39, 0.29) is 5.91 Å². The molecule has 0 spiro atoms. The maximum Gasteiger partial charge on any atom is 0.220 e. The highest BCUT2D eigenvalue weighted by Crippen LogP contribution is 2.21. The summed E-state index contributed by atoms with van der Waals surface area (Å²) in [6.07, 6.45) is 11.8. The van der Waals surface area contributed by atoms with Crippen LogP contribution in [0.2, 0.25) is 10.0 Å². The van der Waals surface area contributed by atoms with Crippen LogP contribution < -0.4 is 5.32 Å². The van der Waals surface area contributed by atoms with Crippen molar-refractivity contribution in [2.75, 3.05) is 6.54 Å². The Morgan fingerprint density at radius 1 is 0.926 bits per heavy atom. The minimum Gasteiger partial charge on any atom is -0.391 e. The van der Waals surface area contributed by atoms with Gasteiger partial charge in [-0.05, 0) is 31.4 Å². The van der Waals surface area contributed by atoms with Gasteiger partial charge in [-0.15, -0.1) is 0 Å². The lowest BCUT2D eigenvalue weighted by Crippen LogP contribution is -2.25. The standard InChI is InChI=1S/C21H30Cl2N2O2/c22-18-12-11-17(20(23)15-18)16-27-25-19-9-7-5-3-1-2-4-6-8-10-21(26)24-14-13-19/h11-12,15H,1-10,13-14,16H2,(H,24,26)/b25-19+. The van der Waals surface area contributed by atoms with Gasteiger partial charge in [-0.2, -0.15) is 0 Å². The molecule has 1 fully saturated rings. The van der Waals surface area contributed by atoms with Gasteiger partial charge in [0, 0.05) is 35.0 Å². The number of benzene rings is 1. The monoisotopic (exact) mass is 412 g/mol. The smallest absolute Gasteiger partial charge is 0.220 e. The molecule has 6 heteroatoms. The van der Waals surface area contributed by atoms with Gasteiger partial charge in [-0.25, -0.2) is 0 Å². The molecule has 0 aromatic heterocycles. The van der Waals surface area contributed by atoms with Gasteiger partial charge in [0.15, 0.2) is 0 Å². The summed E-state index contributed by atoms with van der Waals surface area (Å²) >= 11 is 12.1. The zero-order valence-electron chi connectivity index (χ0n) is 15.9. The number of nitrogens with one attached hydrogen (secondary N) is 1. The Bertz CT molecular complexity index is 620. The molecule has 0 saturated carbocycles. The Balaban J connectivity index is 1.87. The van der Waals surface area contributed by atoms with E-state index in [1.165, 1.54) is 32.1 Å². The Labute approximate surface area is 172 Å². The van der Waals surface area contributed by atoms with Gasteiger partial charge in [0.05, 0.1) is 5.71 Å². The highest BCUT2D eigenvalue weighted by molar-refractivity contribution is 6.35. The third-order valence-corrected chi connectivity index (χ3v) is 5.37. The van der Waals surface area contributed by atoms with E-state index in [1.807, 2.05) is 6.07 Å². The molecule has 1 aromatic rings. The number of carbonyl (C=O) groups is 1. The van der Waals surface area contributed by atoms with E-state index < -0.39 is 0 Å². The van der Waals surface area contributed by atoms with Gasteiger partial charge in [-0.1, -0.05) is 72.9 Å². The average Bonchev–Trinajstić information content (AvgIpc) is 2.64. The SMILES string of the molecule is O=C1CCCCCCCCCC/C(=N\OCc2ccc(Cl)cc2Cl)CCN1. The van der Waals surface area contributed by atoms with Crippen molar-refractivity contribution in [3.63, 3.8) is 0 Å². The van der Waals surface area contributed by atoms with E-state index in [0.717, 1.165) is 43.4 Å². The molecule has 0 unspecified atom stereocenters. The van der Waals surface area contributed by atoms with Crippen molar-refractivity contribution < 1.29 is 9.63 Å². The van der Waals surface area contributed by atoms with Crippen LogP contribution in [0, 0.1) is 0 Å². The third kappa shape index (κ3) is 9.48. The number of nitrogens with zero attached hydrogens (tertiary/aromatic N) is 1. The third-order valence-electron chi connectivity index (χ3n) is 4.78. The van der Waals surface area contributed by atoms with Gasteiger partial charge in [0.1, 0.15) is 6.61 Å². The summed E-state index contributed by atoms with van der Waals surface area (Å²) in [6, 6.07) is 5.34. The molecule has 1 saturated heterocycles. The maximum atomic E-state index is 11.9. The van der Waals surface area contributed by atoms with Crippen LogP contribution in [-0.4, -0.2) is 18.2 Å². The van der Waals surface area contributed by atoms with Crippen molar-refractivity contribution in [1.82, 2.24) is 5.32 Å². The van der Waals surface area contributed by atoms with Crippen LogP contribution in [0.3, 0.4) is 0 Å². The molecule has 0 atom stereocenters. The number of hydrogen-bond acceptors (Lipinski definition) is 3. The van der Waals surface area contributed by atoms with Crippen molar-refractivity contribution in [3.05, 3.63) is 33.8 Å².